The monoisotopic (exact) mass is 313 g/mol. The predicted octanol–water partition coefficient (Wildman–Crippen LogP) is 4.49. The zero-order valence-corrected chi connectivity index (χ0v) is 13.3. The van der Waals surface area contributed by atoms with Crippen LogP contribution in [0, 0.1) is 11.8 Å². The van der Waals surface area contributed by atoms with Gasteiger partial charge in [-0.1, -0.05) is 43.6 Å². The summed E-state index contributed by atoms with van der Waals surface area (Å²) in [7, 11) is 0. The normalized spacial score (nSPS) is 14.8. The molecule has 0 heterocycles. The molecule has 0 spiro atoms. The highest BCUT2D eigenvalue weighted by Gasteiger charge is 2.15. The second-order valence-electron chi connectivity index (χ2n) is 5.29. The van der Waals surface area contributed by atoms with Gasteiger partial charge in [-0.05, 0) is 43.0 Å². The largest absolute Gasteiger partial charge is 0.508 e. The van der Waals surface area contributed by atoms with Crippen molar-refractivity contribution < 1.29 is 5.11 Å². The van der Waals surface area contributed by atoms with Crippen molar-refractivity contribution in [2.45, 2.75) is 40.2 Å². The van der Waals surface area contributed by atoms with Crippen molar-refractivity contribution >= 4 is 15.9 Å². The molecule has 2 unspecified atom stereocenters. The Morgan fingerprint density at radius 3 is 2.50 bits per heavy atom. The third-order valence-electron chi connectivity index (χ3n) is 3.60. The zero-order valence-electron chi connectivity index (χ0n) is 11.7. The summed E-state index contributed by atoms with van der Waals surface area (Å²) in [5, 5.41) is 13.5. The number of hydrogen-bond acceptors (Lipinski definition) is 2. The first-order valence-corrected chi connectivity index (χ1v) is 7.46. The van der Waals surface area contributed by atoms with Gasteiger partial charge in [-0.2, -0.15) is 0 Å². The maximum atomic E-state index is 9.95. The highest BCUT2D eigenvalue weighted by Crippen LogP contribution is 2.29. The summed E-state index contributed by atoms with van der Waals surface area (Å²) in [6.07, 6.45) is 0.967. The fraction of sp³-hybridized carbons (Fsp3) is 0.600. The molecule has 1 aromatic rings. The van der Waals surface area contributed by atoms with Crippen LogP contribution in [0.5, 0.6) is 5.75 Å². The van der Waals surface area contributed by atoms with E-state index in [-0.39, 0.29) is 6.04 Å². The lowest BCUT2D eigenvalue weighted by Gasteiger charge is -2.23. The van der Waals surface area contributed by atoms with Crippen LogP contribution in [-0.2, 0) is 0 Å². The van der Waals surface area contributed by atoms with Crippen LogP contribution in [0.15, 0.2) is 22.7 Å². The first-order chi connectivity index (χ1) is 8.45. The van der Waals surface area contributed by atoms with E-state index in [9.17, 15) is 5.11 Å². The molecule has 0 saturated carbocycles. The Morgan fingerprint density at radius 2 is 1.94 bits per heavy atom. The highest BCUT2D eigenvalue weighted by atomic mass is 79.9. The summed E-state index contributed by atoms with van der Waals surface area (Å²) in [6.45, 7) is 9.85. The number of hydrogen-bond donors (Lipinski definition) is 2. The minimum absolute atomic E-state index is 0.212. The number of aromatic hydroxyl groups is 1. The molecule has 0 aliphatic heterocycles. The molecule has 2 nitrogen and oxygen atoms in total. The van der Waals surface area contributed by atoms with Gasteiger partial charge in [0, 0.05) is 16.1 Å². The van der Waals surface area contributed by atoms with Gasteiger partial charge in [0.1, 0.15) is 5.75 Å². The van der Waals surface area contributed by atoms with Crippen LogP contribution in [0.25, 0.3) is 0 Å². The van der Waals surface area contributed by atoms with Crippen molar-refractivity contribution in [3.63, 3.8) is 0 Å². The molecule has 0 amide bonds. The van der Waals surface area contributed by atoms with Crippen molar-refractivity contribution in [3.05, 3.63) is 28.2 Å². The Balaban J connectivity index is 2.74. The highest BCUT2D eigenvalue weighted by molar-refractivity contribution is 9.10. The second-order valence-corrected chi connectivity index (χ2v) is 6.21. The van der Waals surface area contributed by atoms with Gasteiger partial charge in [0.05, 0.1) is 0 Å². The van der Waals surface area contributed by atoms with Crippen LogP contribution >= 0.6 is 15.9 Å². The molecule has 0 bridgehead atoms. The Bertz CT molecular complexity index is 379. The number of halogens is 1. The van der Waals surface area contributed by atoms with Crippen molar-refractivity contribution in [2.75, 3.05) is 6.54 Å². The van der Waals surface area contributed by atoms with E-state index in [2.05, 4.69) is 48.9 Å². The molecule has 3 heteroatoms. The fourth-order valence-electron chi connectivity index (χ4n) is 1.84. The third kappa shape index (κ3) is 4.29. The summed E-state index contributed by atoms with van der Waals surface area (Å²) in [5.41, 5.74) is 0.975. The molecule has 0 aliphatic carbocycles. The SMILES string of the molecule is CCC(NCC(C)C(C)C)c1cc(Br)ccc1O. The number of phenols is 1. The molecule has 102 valence electrons. The van der Waals surface area contributed by atoms with E-state index < -0.39 is 0 Å². The average Bonchev–Trinajstić information content (AvgIpc) is 2.33. The molecular formula is C15H24BrNO. The van der Waals surface area contributed by atoms with Gasteiger partial charge in [0.2, 0.25) is 0 Å². The Morgan fingerprint density at radius 1 is 1.28 bits per heavy atom. The van der Waals surface area contributed by atoms with E-state index >= 15 is 0 Å². The van der Waals surface area contributed by atoms with Crippen molar-refractivity contribution in [1.82, 2.24) is 5.32 Å². The molecule has 1 aromatic carbocycles. The Kier molecular flexibility index (Phi) is 6.16. The molecule has 1 rings (SSSR count). The maximum absolute atomic E-state index is 9.95. The second kappa shape index (κ2) is 7.15. The summed E-state index contributed by atoms with van der Waals surface area (Å²) in [5.74, 6) is 1.68. The zero-order chi connectivity index (χ0) is 13.7. The van der Waals surface area contributed by atoms with Gasteiger partial charge in [-0.25, -0.2) is 0 Å². The molecule has 18 heavy (non-hydrogen) atoms. The van der Waals surface area contributed by atoms with E-state index in [0.717, 1.165) is 23.0 Å². The number of nitrogens with one attached hydrogen (secondary N) is 1. The molecule has 2 atom stereocenters. The number of phenolic OH excluding ortho intramolecular Hbond substituents is 1. The minimum Gasteiger partial charge on any atom is -0.508 e. The third-order valence-corrected chi connectivity index (χ3v) is 4.09. The van der Waals surface area contributed by atoms with Crippen LogP contribution in [0.3, 0.4) is 0 Å². The Hall–Kier alpha value is -0.540. The summed E-state index contributed by atoms with van der Waals surface area (Å²) < 4.78 is 1.01. The van der Waals surface area contributed by atoms with Crippen LogP contribution in [0.1, 0.15) is 45.7 Å². The Labute approximate surface area is 119 Å². The first kappa shape index (κ1) is 15.5. The number of rotatable bonds is 6. The van der Waals surface area contributed by atoms with Gasteiger partial charge in [-0.15, -0.1) is 0 Å². The average molecular weight is 314 g/mol. The van der Waals surface area contributed by atoms with Gasteiger partial charge < -0.3 is 10.4 Å². The molecule has 0 fully saturated rings. The van der Waals surface area contributed by atoms with Crippen molar-refractivity contribution in [1.29, 1.82) is 0 Å². The fourth-order valence-corrected chi connectivity index (χ4v) is 2.22. The molecule has 0 aromatic heterocycles. The van der Waals surface area contributed by atoms with Gasteiger partial charge in [0.25, 0.3) is 0 Å². The van der Waals surface area contributed by atoms with Crippen molar-refractivity contribution in [3.8, 4) is 5.75 Å². The predicted molar refractivity (Wildman–Crippen MR) is 80.8 cm³/mol. The van der Waals surface area contributed by atoms with E-state index in [0.29, 0.717) is 17.6 Å². The summed E-state index contributed by atoms with van der Waals surface area (Å²) in [6, 6.07) is 5.82. The lowest BCUT2D eigenvalue weighted by atomic mass is 9.96. The smallest absolute Gasteiger partial charge is 0.120 e. The van der Waals surface area contributed by atoms with Gasteiger partial charge in [-0.3, -0.25) is 0 Å². The lowest BCUT2D eigenvalue weighted by Crippen LogP contribution is -2.28. The summed E-state index contributed by atoms with van der Waals surface area (Å²) >= 11 is 3.46. The van der Waals surface area contributed by atoms with Gasteiger partial charge >= 0.3 is 0 Å². The summed E-state index contributed by atoms with van der Waals surface area (Å²) in [4.78, 5) is 0. The topological polar surface area (TPSA) is 32.3 Å². The van der Waals surface area contributed by atoms with E-state index in [1.807, 2.05) is 12.1 Å². The van der Waals surface area contributed by atoms with Crippen molar-refractivity contribution in [2.24, 2.45) is 11.8 Å². The molecule has 0 radical (unpaired) electrons. The van der Waals surface area contributed by atoms with Crippen LogP contribution in [0.2, 0.25) is 0 Å². The molecule has 2 N–H and O–H groups in total. The van der Waals surface area contributed by atoms with Crippen LogP contribution in [0.4, 0.5) is 0 Å². The van der Waals surface area contributed by atoms with Crippen LogP contribution in [-0.4, -0.2) is 11.7 Å². The maximum Gasteiger partial charge on any atom is 0.120 e. The quantitative estimate of drug-likeness (QED) is 0.811. The number of benzene rings is 1. The molecule has 0 saturated heterocycles. The standard InChI is InChI=1S/C15H24BrNO/c1-5-14(17-9-11(4)10(2)3)13-8-12(16)6-7-15(13)18/h6-8,10-11,14,17-18H,5,9H2,1-4H3. The molecular weight excluding hydrogens is 290 g/mol. The van der Waals surface area contributed by atoms with E-state index in [1.54, 1.807) is 6.07 Å². The lowest BCUT2D eigenvalue weighted by molar-refractivity contribution is 0.360. The van der Waals surface area contributed by atoms with E-state index in [1.165, 1.54) is 0 Å². The van der Waals surface area contributed by atoms with Crippen LogP contribution < -0.4 is 5.32 Å². The minimum atomic E-state index is 0.212. The van der Waals surface area contributed by atoms with Gasteiger partial charge in [0.15, 0.2) is 0 Å². The molecule has 0 aliphatic rings. The first-order valence-electron chi connectivity index (χ1n) is 6.67. The van der Waals surface area contributed by atoms with E-state index in [4.69, 9.17) is 0 Å².